The van der Waals surface area contributed by atoms with Gasteiger partial charge in [0.15, 0.2) is 11.6 Å². The smallest absolute Gasteiger partial charge is 0.310 e. The molecule has 1 aliphatic rings. The fraction of sp³-hybridized carbons (Fsp3) is 0.400. The Morgan fingerprint density at radius 2 is 1.96 bits per heavy atom. The standard InChI is InChI=1S/C15H14Cl2F3NO2/c1-15(2)7(3-10(16)17)11(15)14(22)23-5-6-12(20)8(18)4-9(19)13(6)21/h3-4,7,11H,5,21H2,1-2H3/t7-,11+/m0/s1. The van der Waals surface area contributed by atoms with Crippen molar-refractivity contribution in [3.8, 4) is 0 Å². The molecule has 8 heteroatoms. The highest BCUT2D eigenvalue weighted by Crippen LogP contribution is 2.60. The molecule has 1 saturated carbocycles. The second-order valence-electron chi connectivity index (χ2n) is 5.94. The average molecular weight is 368 g/mol. The third-order valence-electron chi connectivity index (χ3n) is 4.14. The van der Waals surface area contributed by atoms with Crippen molar-refractivity contribution in [2.75, 3.05) is 5.73 Å². The highest BCUT2D eigenvalue weighted by Gasteiger charge is 2.61. The highest BCUT2D eigenvalue weighted by atomic mass is 35.5. The molecule has 0 aromatic heterocycles. The summed E-state index contributed by atoms with van der Waals surface area (Å²) in [7, 11) is 0. The monoisotopic (exact) mass is 367 g/mol. The predicted molar refractivity (Wildman–Crippen MR) is 81.1 cm³/mol. The van der Waals surface area contributed by atoms with Crippen LogP contribution in [-0.2, 0) is 16.1 Å². The SMILES string of the molecule is CC1(C)[C@@H](C=C(Cl)Cl)[C@@H]1C(=O)OCc1c(N)c(F)cc(F)c1F. The van der Waals surface area contributed by atoms with Crippen LogP contribution in [0.3, 0.4) is 0 Å². The van der Waals surface area contributed by atoms with E-state index in [0.717, 1.165) is 0 Å². The number of nitrogen functional groups attached to an aromatic ring is 1. The van der Waals surface area contributed by atoms with Crippen LogP contribution in [0, 0.1) is 34.7 Å². The van der Waals surface area contributed by atoms with E-state index in [2.05, 4.69) is 0 Å². The number of nitrogens with two attached hydrogens (primary N) is 1. The van der Waals surface area contributed by atoms with Crippen molar-refractivity contribution in [2.24, 2.45) is 17.3 Å². The topological polar surface area (TPSA) is 52.3 Å². The number of rotatable bonds is 4. The van der Waals surface area contributed by atoms with Crippen LogP contribution in [0.2, 0.25) is 0 Å². The molecule has 2 atom stereocenters. The number of ether oxygens (including phenoxy) is 1. The number of esters is 1. The summed E-state index contributed by atoms with van der Waals surface area (Å²) in [5.41, 5.74) is 3.81. The Morgan fingerprint density at radius 1 is 1.35 bits per heavy atom. The number of carbonyl (C=O) groups is 1. The van der Waals surface area contributed by atoms with Gasteiger partial charge in [0, 0.05) is 6.07 Å². The molecule has 126 valence electrons. The first-order chi connectivity index (χ1) is 10.6. The largest absolute Gasteiger partial charge is 0.460 e. The maximum atomic E-state index is 13.7. The number of hydrogen-bond donors (Lipinski definition) is 1. The van der Waals surface area contributed by atoms with Gasteiger partial charge in [0.05, 0.1) is 17.2 Å². The van der Waals surface area contributed by atoms with E-state index in [-0.39, 0.29) is 10.4 Å². The van der Waals surface area contributed by atoms with E-state index in [9.17, 15) is 18.0 Å². The summed E-state index contributed by atoms with van der Waals surface area (Å²) in [6.45, 7) is 2.96. The molecule has 1 fully saturated rings. The molecule has 0 unspecified atom stereocenters. The summed E-state index contributed by atoms with van der Waals surface area (Å²) in [6.07, 6.45) is 1.52. The lowest BCUT2D eigenvalue weighted by atomic mass is 10.1. The fourth-order valence-corrected chi connectivity index (χ4v) is 2.88. The lowest BCUT2D eigenvalue weighted by Crippen LogP contribution is -2.13. The van der Waals surface area contributed by atoms with Gasteiger partial charge in [-0.15, -0.1) is 0 Å². The van der Waals surface area contributed by atoms with Crippen LogP contribution in [0.5, 0.6) is 0 Å². The Balaban J connectivity index is 2.11. The first kappa shape index (κ1) is 17.9. The van der Waals surface area contributed by atoms with Crippen molar-refractivity contribution in [3.05, 3.63) is 39.6 Å². The number of halogens is 5. The van der Waals surface area contributed by atoms with Crippen LogP contribution in [0.25, 0.3) is 0 Å². The van der Waals surface area contributed by atoms with Gasteiger partial charge >= 0.3 is 5.97 Å². The third-order valence-corrected chi connectivity index (χ3v) is 4.39. The average Bonchev–Trinajstić information content (AvgIpc) is 2.96. The van der Waals surface area contributed by atoms with Gasteiger partial charge in [0.2, 0.25) is 0 Å². The van der Waals surface area contributed by atoms with Crippen LogP contribution in [0.1, 0.15) is 19.4 Å². The van der Waals surface area contributed by atoms with Crippen LogP contribution in [-0.4, -0.2) is 5.97 Å². The van der Waals surface area contributed by atoms with Gasteiger partial charge in [-0.05, 0) is 17.4 Å². The van der Waals surface area contributed by atoms with Crippen molar-refractivity contribution in [2.45, 2.75) is 20.5 Å². The van der Waals surface area contributed by atoms with Gasteiger partial charge in [-0.1, -0.05) is 37.0 Å². The minimum Gasteiger partial charge on any atom is -0.460 e. The molecule has 2 rings (SSSR count). The number of allylic oxidation sites excluding steroid dienone is 1. The van der Waals surface area contributed by atoms with E-state index < -0.39 is 52.6 Å². The molecule has 0 bridgehead atoms. The molecule has 1 aliphatic carbocycles. The zero-order chi connectivity index (χ0) is 17.5. The molecule has 2 N–H and O–H groups in total. The number of anilines is 1. The van der Waals surface area contributed by atoms with Gasteiger partial charge in [-0.25, -0.2) is 13.2 Å². The Kier molecular flexibility index (Phi) is 4.87. The molecular formula is C15H14Cl2F3NO2. The molecule has 0 aliphatic heterocycles. The first-order valence-electron chi connectivity index (χ1n) is 6.68. The lowest BCUT2D eigenvalue weighted by Gasteiger charge is -2.10. The van der Waals surface area contributed by atoms with E-state index in [1.54, 1.807) is 0 Å². The van der Waals surface area contributed by atoms with Gasteiger partial charge in [0.1, 0.15) is 16.9 Å². The zero-order valence-electron chi connectivity index (χ0n) is 12.3. The van der Waals surface area contributed by atoms with Crippen molar-refractivity contribution in [3.63, 3.8) is 0 Å². The van der Waals surface area contributed by atoms with E-state index >= 15 is 0 Å². The lowest BCUT2D eigenvalue weighted by molar-refractivity contribution is -0.147. The minimum absolute atomic E-state index is 0.0286. The summed E-state index contributed by atoms with van der Waals surface area (Å²) in [5, 5.41) is 0. The van der Waals surface area contributed by atoms with Gasteiger partial charge < -0.3 is 10.5 Å². The van der Waals surface area contributed by atoms with E-state index in [1.807, 2.05) is 13.8 Å². The van der Waals surface area contributed by atoms with Crippen molar-refractivity contribution < 1.29 is 22.7 Å². The number of carbonyl (C=O) groups excluding carboxylic acids is 1. The maximum Gasteiger partial charge on any atom is 0.310 e. The van der Waals surface area contributed by atoms with Gasteiger partial charge in [0.25, 0.3) is 0 Å². The van der Waals surface area contributed by atoms with Crippen molar-refractivity contribution >= 4 is 34.9 Å². The molecule has 23 heavy (non-hydrogen) atoms. The molecular weight excluding hydrogens is 354 g/mol. The molecule has 0 saturated heterocycles. The van der Waals surface area contributed by atoms with Crippen LogP contribution in [0.15, 0.2) is 16.6 Å². The fourth-order valence-electron chi connectivity index (χ4n) is 2.61. The second-order valence-corrected chi connectivity index (χ2v) is 6.94. The quantitative estimate of drug-likeness (QED) is 0.489. The Labute approximate surface area is 141 Å². The molecule has 0 spiro atoms. The zero-order valence-corrected chi connectivity index (χ0v) is 13.8. The Bertz CT molecular complexity index is 662. The maximum absolute atomic E-state index is 13.7. The van der Waals surface area contributed by atoms with E-state index in [0.29, 0.717) is 6.07 Å². The highest BCUT2D eigenvalue weighted by molar-refractivity contribution is 6.55. The molecule has 1 aromatic carbocycles. The Morgan fingerprint density at radius 3 is 2.52 bits per heavy atom. The molecule has 0 amide bonds. The minimum atomic E-state index is -1.40. The normalized spacial score (nSPS) is 21.7. The summed E-state index contributed by atoms with van der Waals surface area (Å²) in [4.78, 5) is 12.1. The van der Waals surface area contributed by atoms with Crippen LogP contribution >= 0.6 is 23.2 Å². The Hall–Kier alpha value is -1.40. The molecule has 1 aromatic rings. The van der Waals surface area contributed by atoms with Crippen molar-refractivity contribution in [1.82, 2.24) is 0 Å². The summed E-state index contributed by atoms with van der Waals surface area (Å²) in [5.74, 6) is -5.26. The van der Waals surface area contributed by atoms with Gasteiger partial charge in [-0.3, -0.25) is 4.79 Å². The van der Waals surface area contributed by atoms with Crippen molar-refractivity contribution in [1.29, 1.82) is 0 Å². The van der Waals surface area contributed by atoms with E-state index in [1.165, 1.54) is 6.08 Å². The molecule has 0 radical (unpaired) electrons. The summed E-state index contributed by atoms with van der Waals surface area (Å²) in [6, 6.07) is 0.337. The van der Waals surface area contributed by atoms with Gasteiger partial charge in [-0.2, -0.15) is 0 Å². The summed E-state index contributed by atoms with van der Waals surface area (Å²) < 4.78 is 45.2. The predicted octanol–water partition coefficient (Wildman–Crippen LogP) is 4.32. The molecule has 3 nitrogen and oxygen atoms in total. The first-order valence-corrected chi connectivity index (χ1v) is 7.44. The molecule has 0 heterocycles. The van der Waals surface area contributed by atoms with E-state index in [4.69, 9.17) is 33.7 Å². The number of hydrogen-bond acceptors (Lipinski definition) is 3. The third kappa shape index (κ3) is 3.43. The van der Waals surface area contributed by atoms with Crippen LogP contribution < -0.4 is 5.73 Å². The second kappa shape index (κ2) is 6.24. The summed E-state index contributed by atoms with van der Waals surface area (Å²) >= 11 is 11.2. The number of benzene rings is 1. The van der Waals surface area contributed by atoms with Crippen LogP contribution in [0.4, 0.5) is 18.9 Å².